The molecule has 0 saturated heterocycles. The lowest BCUT2D eigenvalue weighted by atomic mass is 9.90. The minimum Gasteiger partial charge on any atom is -0.351 e. The lowest BCUT2D eigenvalue weighted by Crippen LogP contribution is -2.39. The standard InChI is InChI=1S/C31H35FN8O3S/c1-20(2)40-29-23(19-35-31(37-29)36-24-9-11-25(12-10-24)39(3)15-14-32)16-26(30(40)41)22-8-13-28(34-18-22)38-44(42,43)27-7-5-4-6-21(27)17-33/h4-8,13,16,18-20,24-25H,9-12,14-15H2,1-3H3,(H,34,38)(H,35,36,37)/t24-,25-. The quantitative estimate of drug-likeness (QED) is 0.258. The molecule has 3 heterocycles. The van der Waals surface area contributed by atoms with Gasteiger partial charge in [-0.3, -0.25) is 14.1 Å². The molecule has 0 atom stereocenters. The first-order valence-electron chi connectivity index (χ1n) is 14.5. The number of halogens is 1. The van der Waals surface area contributed by atoms with Gasteiger partial charge in [0, 0.05) is 53.6 Å². The van der Waals surface area contributed by atoms with E-state index in [0.29, 0.717) is 40.7 Å². The van der Waals surface area contributed by atoms with Gasteiger partial charge in [-0.25, -0.2) is 22.8 Å². The second-order valence-electron chi connectivity index (χ2n) is 11.3. The van der Waals surface area contributed by atoms with Crippen LogP contribution in [-0.4, -0.2) is 65.2 Å². The molecule has 2 N–H and O–H groups in total. The average molecular weight is 619 g/mol. The third-order valence-corrected chi connectivity index (χ3v) is 9.40. The molecule has 0 radical (unpaired) electrons. The zero-order chi connectivity index (χ0) is 31.4. The maximum absolute atomic E-state index is 13.7. The zero-order valence-electron chi connectivity index (χ0n) is 24.9. The molecule has 1 aliphatic carbocycles. The highest BCUT2D eigenvalue weighted by Gasteiger charge is 2.25. The Morgan fingerprint density at radius 1 is 1.11 bits per heavy atom. The van der Waals surface area contributed by atoms with Crippen molar-refractivity contribution in [1.82, 2.24) is 24.4 Å². The van der Waals surface area contributed by atoms with Crippen molar-refractivity contribution in [1.29, 1.82) is 5.26 Å². The Bertz CT molecular complexity index is 1850. The SMILES string of the molecule is CC(C)n1c(=O)c(-c2ccc(NS(=O)(=O)c3ccccc3C#N)nc2)cc2cnc(N[C@H]3CC[C@H](N(C)CCF)CC3)nc21. The lowest BCUT2D eigenvalue weighted by molar-refractivity contribution is 0.174. The molecule has 0 aliphatic heterocycles. The molecular formula is C31H35FN8O3S. The largest absolute Gasteiger partial charge is 0.351 e. The first-order chi connectivity index (χ1) is 21.1. The van der Waals surface area contributed by atoms with Crippen molar-refractivity contribution in [2.45, 2.75) is 62.6 Å². The number of nitriles is 1. The number of alkyl halides is 1. The monoisotopic (exact) mass is 618 g/mol. The van der Waals surface area contributed by atoms with Crippen LogP contribution in [0.25, 0.3) is 22.2 Å². The molecule has 11 nitrogen and oxygen atoms in total. The van der Waals surface area contributed by atoms with Gasteiger partial charge in [-0.2, -0.15) is 10.2 Å². The van der Waals surface area contributed by atoms with Gasteiger partial charge in [0.15, 0.2) is 0 Å². The molecule has 0 spiro atoms. The van der Waals surface area contributed by atoms with Crippen molar-refractivity contribution in [3.05, 3.63) is 70.8 Å². The van der Waals surface area contributed by atoms with Gasteiger partial charge in [0.25, 0.3) is 15.6 Å². The zero-order valence-corrected chi connectivity index (χ0v) is 25.7. The maximum atomic E-state index is 13.7. The van der Waals surface area contributed by atoms with Crippen LogP contribution in [0.5, 0.6) is 0 Å². The predicted molar refractivity (Wildman–Crippen MR) is 168 cm³/mol. The van der Waals surface area contributed by atoms with Gasteiger partial charge in [-0.1, -0.05) is 12.1 Å². The first kappa shape index (κ1) is 31.0. The first-order valence-corrected chi connectivity index (χ1v) is 16.0. The van der Waals surface area contributed by atoms with E-state index in [-0.39, 0.29) is 40.6 Å². The smallest absolute Gasteiger partial charge is 0.264 e. The highest BCUT2D eigenvalue weighted by molar-refractivity contribution is 7.92. The number of anilines is 2. The fraction of sp³-hybridized carbons (Fsp3) is 0.387. The van der Waals surface area contributed by atoms with Crippen molar-refractivity contribution < 1.29 is 12.8 Å². The van der Waals surface area contributed by atoms with Gasteiger partial charge in [-0.15, -0.1) is 0 Å². The van der Waals surface area contributed by atoms with Gasteiger partial charge in [0.1, 0.15) is 29.1 Å². The Hall–Kier alpha value is -4.41. The van der Waals surface area contributed by atoms with Crippen LogP contribution in [0.2, 0.25) is 0 Å². The van der Waals surface area contributed by atoms with Crippen LogP contribution < -0.4 is 15.6 Å². The fourth-order valence-corrected chi connectivity index (χ4v) is 6.80. The van der Waals surface area contributed by atoms with E-state index in [0.717, 1.165) is 25.7 Å². The van der Waals surface area contributed by atoms with Crippen LogP contribution in [0.15, 0.2) is 64.5 Å². The molecule has 230 valence electrons. The summed E-state index contributed by atoms with van der Waals surface area (Å²) in [5.41, 5.74) is 1.15. The number of rotatable bonds is 10. The molecular weight excluding hydrogens is 583 g/mol. The molecule has 0 unspecified atom stereocenters. The highest BCUT2D eigenvalue weighted by atomic mass is 32.2. The molecule has 13 heteroatoms. The number of nitrogens with zero attached hydrogens (tertiary/aromatic N) is 6. The predicted octanol–water partition coefficient (Wildman–Crippen LogP) is 4.73. The van der Waals surface area contributed by atoms with E-state index in [1.165, 1.54) is 30.5 Å². The van der Waals surface area contributed by atoms with Crippen LogP contribution >= 0.6 is 0 Å². The van der Waals surface area contributed by atoms with Gasteiger partial charge >= 0.3 is 0 Å². The van der Waals surface area contributed by atoms with Crippen molar-refractivity contribution in [2.75, 3.05) is 30.3 Å². The maximum Gasteiger partial charge on any atom is 0.264 e. The number of fused-ring (bicyclic) bond motifs is 1. The summed E-state index contributed by atoms with van der Waals surface area (Å²) >= 11 is 0. The number of hydrogen-bond donors (Lipinski definition) is 2. The van der Waals surface area contributed by atoms with Gasteiger partial charge in [0.05, 0.1) is 5.56 Å². The number of hydrogen-bond acceptors (Lipinski definition) is 9. The summed E-state index contributed by atoms with van der Waals surface area (Å²) in [6.07, 6.45) is 6.88. The number of benzene rings is 1. The van der Waals surface area contributed by atoms with E-state index in [1.54, 1.807) is 29.0 Å². The Labute approximate surface area is 255 Å². The van der Waals surface area contributed by atoms with Gasteiger partial charge in [-0.05, 0) is 76.9 Å². The van der Waals surface area contributed by atoms with Crippen molar-refractivity contribution in [2.24, 2.45) is 0 Å². The minimum atomic E-state index is -4.05. The molecule has 3 aromatic heterocycles. The summed E-state index contributed by atoms with van der Waals surface area (Å²) in [4.78, 5) is 29.2. The number of aromatic nitrogens is 4. The van der Waals surface area contributed by atoms with Gasteiger partial charge < -0.3 is 10.2 Å². The third kappa shape index (κ3) is 6.56. The van der Waals surface area contributed by atoms with Crippen molar-refractivity contribution >= 4 is 32.8 Å². The Morgan fingerprint density at radius 2 is 1.86 bits per heavy atom. The van der Waals surface area contributed by atoms with E-state index in [9.17, 15) is 22.9 Å². The van der Waals surface area contributed by atoms with Crippen LogP contribution in [0, 0.1) is 11.3 Å². The third-order valence-electron chi connectivity index (χ3n) is 7.99. The molecule has 5 rings (SSSR count). The fourth-order valence-electron chi connectivity index (χ4n) is 5.63. The Balaban J connectivity index is 1.38. The topological polar surface area (TPSA) is 146 Å². The highest BCUT2D eigenvalue weighted by Crippen LogP contribution is 2.27. The molecule has 1 fully saturated rings. The molecule has 4 aromatic rings. The number of nitrogens with one attached hydrogen (secondary N) is 2. The Kier molecular flexibility index (Phi) is 9.22. The van der Waals surface area contributed by atoms with E-state index >= 15 is 0 Å². The van der Waals surface area contributed by atoms with E-state index in [4.69, 9.17) is 4.98 Å². The normalized spacial score (nSPS) is 17.1. The summed E-state index contributed by atoms with van der Waals surface area (Å²) in [5.74, 6) is 0.504. The Morgan fingerprint density at radius 3 is 2.52 bits per heavy atom. The molecule has 0 bridgehead atoms. The van der Waals surface area contributed by atoms with E-state index < -0.39 is 10.0 Å². The molecule has 1 aliphatic rings. The van der Waals surface area contributed by atoms with Crippen LogP contribution in [-0.2, 0) is 10.0 Å². The summed E-state index contributed by atoms with van der Waals surface area (Å²) < 4.78 is 42.5. The molecule has 1 saturated carbocycles. The van der Waals surface area contributed by atoms with Crippen molar-refractivity contribution in [3.63, 3.8) is 0 Å². The van der Waals surface area contributed by atoms with Crippen LogP contribution in [0.3, 0.4) is 0 Å². The van der Waals surface area contributed by atoms with Crippen LogP contribution in [0.1, 0.15) is 51.1 Å². The minimum absolute atomic E-state index is 0.0213. The average Bonchev–Trinajstić information content (AvgIpc) is 3.01. The molecule has 0 amide bonds. The second kappa shape index (κ2) is 13.1. The summed E-state index contributed by atoms with van der Waals surface area (Å²) in [5, 5.41) is 13.4. The summed E-state index contributed by atoms with van der Waals surface area (Å²) in [7, 11) is -2.09. The molecule has 44 heavy (non-hydrogen) atoms. The van der Waals surface area contributed by atoms with E-state index in [1.807, 2.05) is 27.0 Å². The number of sulfonamides is 1. The second-order valence-corrected chi connectivity index (χ2v) is 12.9. The lowest BCUT2D eigenvalue weighted by Gasteiger charge is -2.34. The van der Waals surface area contributed by atoms with E-state index in [2.05, 4.69) is 24.9 Å². The molecule has 1 aromatic carbocycles. The van der Waals surface area contributed by atoms with Crippen molar-refractivity contribution in [3.8, 4) is 17.2 Å². The summed E-state index contributed by atoms with van der Waals surface area (Å²) in [6.45, 7) is 3.92. The van der Waals surface area contributed by atoms with Crippen LogP contribution in [0.4, 0.5) is 16.2 Å². The van der Waals surface area contributed by atoms with Gasteiger partial charge in [0.2, 0.25) is 5.95 Å². The number of pyridine rings is 2. The summed E-state index contributed by atoms with van der Waals surface area (Å²) in [6, 6.07) is 13.0.